The summed E-state index contributed by atoms with van der Waals surface area (Å²) in [4.78, 5) is 0. The summed E-state index contributed by atoms with van der Waals surface area (Å²) in [6, 6.07) is 76.4. The van der Waals surface area contributed by atoms with E-state index in [4.69, 9.17) is 0 Å². The van der Waals surface area contributed by atoms with Gasteiger partial charge in [0.2, 0.25) is 0 Å². The van der Waals surface area contributed by atoms with Crippen LogP contribution in [-0.2, 0) is 5.41 Å². The zero-order chi connectivity index (χ0) is 41.2. The molecule has 10 aromatic rings. The molecule has 0 fully saturated rings. The molecular weight excluding hydrogens is 733 g/mol. The lowest BCUT2D eigenvalue weighted by molar-refractivity contribution is 0.661. The highest BCUT2D eigenvalue weighted by atomic mass is 14.4. The molecule has 0 atom stereocenters. The van der Waals surface area contributed by atoms with Gasteiger partial charge in [0.25, 0.3) is 0 Å². The van der Waals surface area contributed by atoms with E-state index in [2.05, 4.69) is 234 Å². The number of fused-ring (bicyclic) bond motifs is 5. The molecule has 0 spiro atoms. The van der Waals surface area contributed by atoms with Gasteiger partial charge in [0, 0.05) is 5.41 Å². The molecule has 0 nitrogen and oxygen atoms in total. The van der Waals surface area contributed by atoms with Gasteiger partial charge in [-0.2, -0.15) is 0 Å². The third-order valence-corrected chi connectivity index (χ3v) is 13.4. The number of benzene rings is 10. The summed E-state index contributed by atoms with van der Waals surface area (Å²) in [5, 5.41) is 5.31. The highest BCUT2D eigenvalue weighted by Crippen LogP contribution is 2.52. The topological polar surface area (TPSA) is 0 Å². The van der Waals surface area contributed by atoms with Crippen LogP contribution in [0.4, 0.5) is 0 Å². The lowest BCUT2D eigenvalue weighted by atomic mass is 9.80. The Bertz CT molecular complexity index is 3180. The van der Waals surface area contributed by atoms with Crippen LogP contribution in [0, 0.1) is 13.8 Å². The Morgan fingerprint density at radius 2 is 0.590 bits per heavy atom. The number of hydrogen-bond acceptors (Lipinski definition) is 0. The van der Waals surface area contributed by atoms with Gasteiger partial charge in [-0.3, -0.25) is 0 Å². The molecule has 1 aliphatic rings. The van der Waals surface area contributed by atoms with Gasteiger partial charge in [-0.15, -0.1) is 0 Å². The Morgan fingerprint density at radius 1 is 0.246 bits per heavy atom. The second-order valence-electron chi connectivity index (χ2n) is 17.4. The summed E-state index contributed by atoms with van der Waals surface area (Å²) in [6.45, 7) is 9.46. The van der Waals surface area contributed by atoms with E-state index >= 15 is 0 Å². The first kappa shape index (κ1) is 36.8. The fraction of sp³-hybridized carbons (Fsp3) is 0.0820. The van der Waals surface area contributed by atoms with E-state index in [1.54, 1.807) is 0 Å². The van der Waals surface area contributed by atoms with Crippen LogP contribution in [0.1, 0.15) is 36.1 Å². The molecule has 11 rings (SSSR count). The van der Waals surface area contributed by atoms with Crippen LogP contribution in [0.3, 0.4) is 0 Å². The van der Waals surface area contributed by atoms with Gasteiger partial charge < -0.3 is 0 Å². The summed E-state index contributed by atoms with van der Waals surface area (Å²) in [5.74, 6) is 0. The van der Waals surface area contributed by atoms with Crippen molar-refractivity contribution in [2.75, 3.05) is 0 Å². The van der Waals surface area contributed by atoms with Crippen LogP contribution in [-0.4, -0.2) is 0 Å². The maximum absolute atomic E-state index is 2.52. The van der Waals surface area contributed by atoms with Crippen LogP contribution in [0.25, 0.3) is 99.4 Å². The summed E-state index contributed by atoms with van der Waals surface area (Å²) < 4.78 is 0. The van der Waals surface area contributed by atoms with Crippen molar-refractivity contribution in [3.63, 3.8) is 0 Å². The number of rotatable bonds is 6. The minimum absolute atomic E-state index is 0.170. The van der Waals surface area contributed by atoms with Crippen molar-refractivity contribution in [2.24, 2.45) is 0 Å². The highest BCUT2D eigenvalue weighted by Gasteiger charge is 2.36. The van der Waals surface area contributed by atoms with E-state index < -0.39 is 0 Å². The summed E-state index contributed by atoms with van der Waals surface area (Å²) in [5.41, 5.74) is 22.7. The van der Waals surface area contributed by atoms with E-state index in [-0.39, 0.29) is 5.41 Å². The fourth-order valence-electron chi connectivity index (χ4n) is 10.0. The van der Waals surface area contributed by atoms with Crippen molar-refractivity contribution in [1.29, 1.82) is 0 Å². The van der Waals surface area contributed by atoms with Crippen LogP contribution in [0.15, 0.2) is 206 Å². The van der Waals surface area contributed by atoms with Gasteiger partial charge in [-0.25, -0.2) is 0 Å². The maximum Gasteiger partial charge on any atom is 0.0159 e. The molecule has 0 aromatic heterocycles. The first-order valence-corrected chi connectivity index (χ1v) is 21.5. The molecule has 0 heteroatoms. The summed E-state index contributed by atoms with van der Waals surface area (Å²) in [6.07, 6.45) is 0. The molecule has 1 aliphatic carbocycles. The van der Waals surface area contributed by atoms with E-state index in [1.165, 1.54) is 122 Å². The first-order valence-electron chi connectivity index (χ1n) is 21.5. The average molecular weight is 779 g/mol. The zero-order valence-corrected chi connectivity index (χ0v) is 35.1. The number of hydrogen-bond donors (Lipinski definition) is 0. The standard InChI is InChI=1S/C61H46/c1-39-53-27-25-45(51-31-47(41-17-9-5-10-18-41)29-48(32-51)42-19-11-6-12-20-42)35-55(53)40(2)57-38-60-58(37-56(39)57)54-28-26-46(36-59(54)61(60,3)4)52-33-49(43-21-13-7-14-22-43)30-50(34-52)44-23-15-8-16-24-44/h5-38H,1-4H3. The largest absolute Gasteiger partial charge is 0.0622 e. The lowest BCUT2D eigenvalue weighted by Crippen LogP contribution is -2.15. The van der Waals surface area contributed by atoms with Crippen molar-refractivity contribution in [1.82, 2.24) is 0 Å². The van der Waals surface area contributed by atoms with Crippen molar-refractivity contribution in [3.8, 4) is 77.9 Å². The predicted octanol–water partition coefficient (Wildman–Crippen LogP) is 16.9. The van der Waals surface area contributed by atoms with Gasteiger partial charge in [0.15, 0.2) is 0 Å². The molecule has 0 saturated heterocycles. The normalized spacial score (nSPS) is 12.7. The molecule has 0 N–H and O–H groups in total. The Labute approximate surface area is 359 Å². The van der Waals surface area contributed by atoms with Crippen LogP contribution in [0.2, 0.25) is 0 Å². The summed E-state index contributed by atoms with van der Waals surface area (Å²) in [7, 11) is 0. The van der Waals surface area contributed by atoms with E-state index in [0.717, 1.165) is 0 Å². The van der Waals surface area contributed by atoms with Crippen LogP contribution >= 0.6 is 0 Å². The average Bonchev–Trinajstić information content (AvgIpc) is 3.55. The van der Waals surface area contributed by atoms with Crippen molar-refractivity contribution < 1.29 is 0 Å². The molecule has 0 unspecified atom stereocenters. The fourth-order valence-corrected chi connectivity index (χ4v) is 10.0. The number of aryl methyl sites for hydroxylation is 2. The third-order valence-electron chi connectivity index (χ3n) is 13.4. The molecule has 0 saturated carbocycles. The molecular formula is C61H46. The molecule has 0 bridgehead atoms. The maximum atomic E-state index is 2.52. The lowest BCUT2D eigenvalue weighted by Gasteiger charge is -2.23. The molecule has 0 radical (unpaired) electrons. The monoisotopic (exact) mass is 778 g/mol. The van der Waals surface area contributed by atoms with Crippen molar-refractivity contribution in [3.05, 3.63) is 229 Å². The Morgan fingerprint density at radius 3 is 1.05 bits per heavy atom. The Balaban J connectivity index is 1.03. The SMILES string of the molecule is Cc1c2ccc(-c3cc(-c4ccccc4)cc(-c4ccccc4)c3)cc2c(C)c2cc3c(cc12)-c1ccc(-c2cc(-c4ccccc4)cc(-c4ccccc4)c2)cc1C3(C)C. The van der Waals surface area contributed by atoms with Crippen molar-refractivity contribution >= 4 is 21.5 Å². The minimum Gasteiger partial charge on any atom is -0.0622 e. The highest BCUT2D eigenvalue weighted by molar-refractivity contribution is 6.09. The third kappa shape index (κ3) is 6.30. The zero-order valence-electron chi connectivity index (χ0n) is 35.1. The van der Waals surface area contributed by atoms with Crippen molar-refractivity contribution in [2.45, 2.75) is 33.1 Å². The Kier molecular flexibility index (Phi) is 8.72. The second-order valence-corrected chi connectivity index (χ2v) is 17.4. The van der Waals surface area contributed by atoms with Crippen LogP contribution in [0.5, 0.6) is 0 Å². The van der Waals surface area contributed by atoms with E-state index in [1.807, 2.05) is 0 Å². The first-order chi connectivity index (χ1) is 29.8. The molecule has 290 valence electrons. The minimum atomic E-state index is -0.170. The smallest absolute Gasteiger partial charge is 0.0159 e. The predicted molar refractivity (Wildman–Crippen MR) is 261 cm³/mol. The van der Waals surface area contributed by atoms with Gasteiger partial charge in [-0.05, 0) is 196 Å². The van der Waals surface area contributed by atoms with E-state index in [0.29, 0.717) is 0 Å². The molecule has 10 aromatic carbocycles. The quantitative estimate of drug-likeness (QED) is 0.148. The molecule has 0 amide bonds. The van der Waals surface area contributed by atoms with E-state index in [9.17, 15) is 0 Å². The summed E-state index contributed by atoms with van der Waals surface area (Å²) >= 11 is 0. The second kappa shape index (κ2) is 14.5. The molecule has 0 aliphatic heterocycles. The van der Waals surface area contributed by atoms with Gasteiger partial charge in [0.1, 0.15) is 0 Å². The molecule has 61 heavy (non-hydrogen) atoms. The van der Waals surface area contributed by atoms with Gasteiger partial charge >= 0.3 is 0 Å². The van der Waals surface area contributed by atoms with Crippen LogP contribution < -0.4 is 0 Å². The molecule has 0 heterocycles. The Hall–Kier alpha value is -7.28. The van der Waals surface area contributed by atoms with Gasteiger partial charge in [-0.1, -0.05) is 159 Å². The van der Waals surface area contributed by atoms with Gasteiger partial charge in [0.05, 0.1) is 0 Å².